The van der Waals surface area contributed by atoms with Gasteiger partial charge in [-0.1, -0.05) is 18.2 Å². The molecule has 2 aromatic rings. The Morgan fingerprint density at radius 1 is 1.12 bits per heavy atom. The van der Waals surface area contributed by atoms with Crippen LogP contribution in [0, 0.1) is 0 Å². The molecule has 0 aliphatic carbocycles. The predicted molar refractivity (Wildman–Crippen MR) is 69.3 cm³/mol. The molecule has 1 aromatic heterocycles. The van der Waals surface area contributed by atoms with Gasteiger partial charge in [0.2, 0.25) is 5.95 Å². The molecule has 0 fully saturated rings. The molecular formula is C13H16N4. The average molecular weight is 228 g/mol. The maximum atomic E-state index is 5.48. The Bertz CT molecular complexity index is 453. The first kappa shape index (κ1) is 11.5. The number of rotatable bonds is 4. The second kappa shape index (κ2) is 5.41. The van der Waals surface area contributed by atoms with Gasteiger partial charge in [-0.3, -0.25) is 0 Å². The second-order valence-corrected chi connectivity index (χ2v) is 3.82. The predicted octanol–water partition coefficient (Wildman–Crippen LogP) is 1.75. The van der Waals surface area contributed by atoms with Crippen LogP contribution in [0.15, 0.2) is 42.7 Å². The van der Waals surface area contributed by atoms with Crippen molar-refractivity contribution in [2.45, 2.75) is 6.42 Å². The van der Waals surface area contributed by atoms with Crippen molar-refractivity contribution in [3.05, 3.63) is 48.3 Å². The van der Waals surface area contributed by atoms with Crippen LogP contribution in [0.1, 0.15) is 5.56 Å². The van der Waals surface area contributed by atoms with E-state index >= 15 is 0 Å². The molecule has 0 aliphatic heterocycles. The summed E-state index contributed by atoms with van der Waals surface area (Å²) in [5, 5.41) is 0. The lowest BCUT2D eigenvalue weighted by atomic mass is 10.2. The van der Waals surface area contributed by atoms with Crippen LogP contribution in [0.4, 0.5) is 11.6 Å². The molecule has 1 heterocycles. The molecular weight excluding hydrogens is 212 g/mol. The standard InChI is InChI=1S/C13H16N4/c1-17(12-5-3-2-4-6-12)13-15-9-11(7-8-14)10-16-13/h2-6,9-10H,7-8,14H2,1H3. The van der Waals surface area contributed by atoms with Crippen molar-refractivity contribution < 1.29 is 0 Å². The number of aromatic nitrogens is 2. The van der Waals surface area contributed by atoms with Gasteiger partial charge in [0.05, 0.1) is 0 Å². The molecule has 0 spiro atoms. The Hall–Kier alpha value is -1.94. The molecule has 2 N–H and O–H groups in total. The van der Waals surface area contributed by atoms with E-state index in [-0.39, 0.29) is 0 Å². The van der Waals surface area contributed by atoms with E-state index in [0.29, 0.717) is 12.5 Å². The first-order chi connectivity index (χ1) is 8.31. The lowest BCUT2D eigenvalue weighted by Crippen LogP contribution is -2.13. The SMILES string of the molecule is CN(c1ccccc1)c1ncc(CCN)cn1. The maximum Gasteiger partial charge on any atom is 0.229 e. The van der Waals surface area contributed by atoms with Crippen LogP contribution < -0.4 is 10.6 Å². The van der Waals surface area contributed by atoms with Crippen LogP contribution in [0.3, 0.4) is 0 Å². The Balaban J connectivity index is 2.17. The lowest BCUT2D eigenvalue weighted by molar-refractivity contribution is 0.931. The highest BCUT2D eigenvalue weighted by Crippen LogP contribution is 2.18. The fourth-order valence-corrected chi connectivity index (χ4v) is 1.58. The van der Waals surface area contributed by atoms with Gasteiger partial charge in [0.25, 0.3) is 0 Å². The van der Waals surface area contributed by atoms with Gasteiger partial charge >= 0.3 is 0 Å². The maximum absolute atomic E-state index is 5.48. The molecule has 0 aliphatic rings. The lowest BCUT2D eigenvalue weighted by Gasteiger charge is -2.16. The van der Waals surface area contributed by atoms with Crippen molar-refractivity contribution in [1.29, 1.82) is 0 Å². The largest absolute Gasteiger partial charge is 0.330 e. The zero-order valence-corrected chi connectivity index (χ0v) is 9.87. The molecule has 0 radical (unpaired) electrons. The van der Waals surface area contributed by atoms with E-state index in [2.05, 4.69) is 9.97 Å². The molecule has 0 amide bonds. The average Bonchev–Trinajstić information content (AvgIpc) is 2.40. The summed E-state index contributed by atoms with van der Waals surface area (Å²) in [6.07, 6.45) is 4.47. The van der Waals surface area contributed by atoms with Gasteiger partial charge in [0.15, 0.2) is 0 Å². The van der Waals surface area contributed by atoms with Gasteiger partial charge in [-0.25, -0.2) is 9.97 Å². The van der Waals surface area contributed by atoms with Crippen molar-refractivity contribution in [3.8, 4) is 0 Å². The molecule has 4 nitrogen and oxygen atoms in total. The number of benzene rings is 1. The minimum Gasteiger partial charge on any atom is -0.330 e. The minimum absolute atomic E-state index is 0.622. The van der Waals surface area contributed by atoms with E-state index in [9.17, 15) is 0 Å². The fourth-order valence-electron chi connectivity index (χ4n) is 1.58. The van der Waals surface area contributed by atoms with E-state index in [0.717, 1.165) is 17.7 Å². The summed E-state index contributed by atoms with van der Waals surface area (Å²) in [5.74, 6) is 0.692. The van der Waals surface area contributed by atoms with Gasteiger partial charge in [0, 0.05) is 25.1 Å². The molecule has 4 heteroatoms. The van der Waals surface area contributed by atoms with Crippen LogP contribution in [-0.2, 0) is 6.42 Å². The third-order valence-electron chi connectivity index (χ3n) is 2.57. The van der Waals surface area contributed by atoms with E-state index in [1.807, 2.05) is 54.7 Å². The molecule has 0 atom stereocenters. The van der Waals surface area contributed by atoms with E-state index < -0.39 is 0 Å². The van der Waals surface area contributed by atoms with Gasteiger partial charge in [-0.15, -0.1) is 0 Å². The van der Waals surface area contributed by atoms with E-state index in [1.54, 1.807) is 0 Å². The normalized spacial score (nSPS) is 10.2. The summed E-state index contributed by atoms with van der Waals surface area (Å²) < 4.78 is 0. The number of para-hydroxylation sites is 1. The summed E-state index contributed by atoms with van der Waals surface area (Å²) >= 11 is 0. The van der Waals surface area contributed by atoms with Crippen molar-refractivity contribution in [2.75, 3.05) is 18.5 Å². The van der Waals surface area contributed by atoms with Crippen LogP contribution in [0.2, 0.25) is 0 Å². The quantitative estimate of drug-likeness (QED) is 0.866. The van der Waals surface area contributed by atoms with E-state index in [4.69, 9.17) is 5.73 Å². The first-order valence-electron chi connectivity index (χ1n) is 5.61. The third-order valence-corrected chi connectivity index (χ3v) is 2.57. The first-order valence-corrected chi connectivity index (χ1v) is 5.61. The zero-order valence-electron chi connectivity index (χ0n) is 9.87. The van der Waals surface area contributed by atoms with Crippen molar-refractivity contribution in [3.63, 3.8) is 0 Å². The van der Waals surface area contributed by atoms with Gasteiger partial charge in [-0.05, 0) is 30.7 Å². The van der Waals surface area contributed by atoms with Crippen LogP contribution in [-0.4, -0.2) is 23.6 Å². The Morgan fingerprint density at radius 3 is 2.35 bits per heavy atom. The van der Waals surface area contributed by atoms with Crippen molar-refractivity contribution in [2.24, 2.45) is 5.73 Å². The summed E-state index contributed by atoms with van der Waals surface area (Å²) in [6, 6.07) is 10.0. The van der Waals surface area contributed by atoms with Crippen LogP contribution in [0.5, 0.6) is 0 Å². The number of nitrogens with two attached hydrogens (primary N) is 1. The molecule has 0 saturated heterocycles. The summed E-state index contributed by atoms with van der Waals surface area (Å²) in [5.41, 5.74) is 7.62. The summed E-state index contributed by atoms with van der Waals surface area (Å²) in [4.78, 5) is 10.6. The Kier molecular flexibility index (Phi) is 3.67. The van der Waals surface area contributed by atoms with Gasteiger partial charge in [0.1, 0.15) is 0 Å². The third kappa shape index (κ3) is 2.79. The van der Waals surface area contributed by atoms with Gasteiger partial charge in [-0.2, -0.15) is 0 Å². The molecule has 88 valence electrons. The zero-order chi connectivity index (χ0) is 12.1. The summed E-state index contributed by atoms with van der Waals surface area (Å²) in [6.45, 7) is 0.622. The highest BCUT2D eigenvalue weighted by Gasteiger charge is 2.05. The topological polar surface area (TPSA) is 55.0 Å². The second-order valence-electron chi connectivity index (χ2n) is 3.82. The molecule has 0 unspecified atom stereocenters. The highest BCUT2D eigenvalue weighted by molar-refractivity contribution is 5.55. The molecule has 17 heavy (non-hydrogen) atoms. The van der Waals surface area contributed by atoms with E-state index in [1.165, 1.54) is 0 Å². The number of nitrogens with zero attached hydrogens (tertiary/aromatic N) is 3. The van der Waals surface area contributed by atoms with Crippen molar-refractivity contribution in [1.82, 2.24) is 9.97 Å². The van der Waals surface area contributed by atoms with Crippen LogP contribution >= 0.6 is 0 Å². The fraction of sp³-hybridized carbons (Fsp3) is 0.231. The smallest absolute Gasteiger partial charge is 0.229 e. The minimum atomic E-state index is 0.622. The number of hydrogen-bond acceptors (Lipinski definition) is 4. The number of hydrogen-bond donors (Lipinski definition) is 1. The highest BCUT2D eigenvalue weighted by atomic mass is 15.2. The molecule has 1 aromatic carbocycles. The Morgan fingerprint density at radius 2 is 1.76 bits per heavy atom. The summed E-state index contributed by atoms with van der Waals surface area (Å²) in [7, 11) is 1.95. The van der Waals surface area contributed by atoms with Crippen LogP contribution in [0.25, 0.3) is 0 Å². The van der Waals surface area contributed by atoms with Gasteiger partial charge < -0.3 is 10.6 Å². The van der Waals surface area contributed by atoms with Crippen molar-refractivity contribution >= 4 is 11.6 Å². The Labute approximate surface area is 101 Å². The molecule has 0 bridgehead atoms. The molecule has 0 saturated carbocycles. The number of anilines is 2. The monoisotopic (exact) mass is 228 g/mol. The molecule has 2 rings (SSSR count).